The van der Waals surface area contributed by atoms with Crippen LogP contribution in [0.3, 0.4) is 0 Å². The molecule has 110 valence electrons. The Morgan fingerprint density at radius 2 is 1.85 bits per heavy atom. The summed E-state index contributed by atoms with van der Waals surface area (Å²) in [6.07, 6.45) is 4.55. The molecular formula is C17H28N2Si. The van der Waals surface area contributed by atoms with Gasteiger partial charge in [-0.3, -0.25) is 4.99 Å². The predicted molar refractivity (Wildman–Crippen MR) is 92.6 cm³/mol. The number of aliphatic imine (C=N–C) groups is 1. The van der Waals surface area contributed by atoms with E-state index in [4.69, 9.17) is 4.99 Å². The van der Waals surface area contributed by atoms with Crippen LogP contribution in [0.2, 0.25) is 19.6 Å². The lowest BCUT2D eigenvalue weighted by Crippen LogP contribution is -2.53. The second-order valence-electron chi connectivity index (χ2n) is 7.87. The first-order valence-corrected chi connectivity index (χ1v) is 11.2. The maximum atomic E-state index is 4.77. The number of aryl methyl sites for hydroxylation is 1. The van der Waals surface area contributed by atoms with Gasteiger partial charge < -0.3 is 4.90 Å². The van der Waals surface area contributed by atoms with Crippen molar-refractivity contribution in [3.8, 4) is 0 Å². The molecule has 0 spiro atoms. The van der Waals surface area contributed by atoms with E-state index in [0.717, 1.165) is 0 Å². The van der Waals surface area contributed by atoms with Crippen LogP contribution in [0.1, 0.15) is 32.8 Å². The monoisotopic (exact) mass is 288 g/mol. The van der Waals surface area contributed by atoms with Crippen LogP contribution in [0, 0.1) is 0 Å². The van der Waals surface area contributed by atoms with Gasteiger partial charge in [-0.25, -0.2) is 0 Å². The second kappa shape index (κ2) is 5.36. The number of fused-ring (bicyclic) bond motifs is 1. The first-order valence-electron chi connectivity index (χ1n) is 7.60. The van der Waals surface area contributed by atoms with Crippen LogP contribution < -0.4 is 4.90 Å². The average Bonchev–Trinajstić information content (AvgIpc) is 2.33. The number of nitrogens with zero attached hydrogens (tertiary/aromatic N) is 2. The summed E-state index contributed by atoms with van der Waals surface area (Å²) in [4.78, 5) is 7.22. The number of benzene rings is 1. The summed E-state index contributed by atoms with van der Waals surface area (Å²) in [6, 6.07) is 8.79. The topological polar surface area (TPSA) is 15.6 Å². The van der Waals surface area contributed by atoms with E-state index in [2.05, 4.69) is 75.9 Å². The van der Waals surface area contributed by atoms with Crippen molar-refractivity contribution in [3.63, 3.8) is 0 Å². The van der Waals surface area contributed by atoms with Gasteiger partial charge in [-0.2, -0.15) is 0 Å². The number of hydrogen-bond donors (Lipinski definition) is 0. The van der Waals surface area contributed by atoms with Gasteiger partial charge in [0, 0.05) is 11.4 Å². The fourth-order valence-electron chi connectivity index (χ4n) is 2.80. The van der Waals surface area contributed by atoms with Gasteiger partial charge in [0.1, 0.15) is 0 Å². The molecule has 0 radical (unpaired) electrons. The van der Waals surface area contributed by atoms with Crippen LogP contribution in [0.25, 0.3) is 0 Å². The van der Waals surface area contributed by atoms with Crippen LogP contribution in [0.5, 0.6) is 0 Å². The Balaban J connectivity index is 2.41. The smallest absolute Gasteiger partial charge is 0.0900 e. The Bertz CT molecular complexity index is 494. The summed E-state index contributed by atoms with van der Waals surface area (Å²) in [7, 11) is -1.25. The molecule has 1 aromatic rings. The Hall–Kier alpha value is -1.09. The third-order valence-corrected chi connectivity index (χ3v) is 6.43. The highest BCUT2D eigenvalue weighted by molar-refractivity contribution is 6.78. The summed E-state index contributed by atoms with van der Waals surface area (Å²) in [6.45, 7) is 13.9. The van der Waals surface area contributed by atoms with Gasteiger partial charge in [-0.1, -0.05) is 37.8 Å². The molecule has 0 saturated heterocycles. The van der Waals surface area contributed by atoms with E-state index in [1.54, 1.807) is 0 Å². The lowest BCUT2D eigenvalue weighted by Gasteiger charge is -2.42. The highest BCUT2D eigenvalue weighted by Gasteiger charge is 2.35. The van der Waals surface area contributed by atoms with Gasteiger partial charge in [-0.15, -0.1) is 0 Å². The van der Waals surface area contributed by atoms with Gasteiger partial charge in [0.15, 0.2) is 0 Å². The Labute approximate surface area is 124 Å². The Morgan fingerprint density at radius 1 is 1.20 bits per heavy atom. The summed E-state index contributed by atoms with van der Waals surface area (Å²) in [5.41, 5.74) is 3.45. The van der Waals surface area contributed by atoms with Gasteiger partial charge in [0.25, 0.3) is 0 Å². The van der Waals surface area contributed by atoms with E-state index < -0.39 is 8.07 Å². The molecule has 0 amide bonds. The quantitative estimate of drug-likeness (QED) is 0.444. The van der Waals surface area contributed by atoms with Gasteiger partial charge in [0.05, 0.1) is 20.0 Å². The first kappa shape index (κ1) is 15.3. The molecule has 0 aromatic heterocycles. The molecule has 0 N–H and O–H groups in total. The summed E-state index contributed by atoms with van der Waals surface area (Å²) in [5.74, 6) is 0. The van der Waals surface area contributed by atoms with Gasteiger partial charge in [-0.05, 0) is 45.2 Å². The minimum atomic E-state index is -1.25. The fraction of sp³-hybridized carbons (Fsp3) is 0.588. The maximum Gasteiger partial charge on any atom is 0.0900 e. The molecule has 0 aliphatic carbocycles. The SMILES string of the molecule is CC(C)(C)N=CN1c2ccccc2CCC1[Si](C)(C)C. The van der Waals surface area contributed by atoms with Crippen molar-refractivity contribution in [1.82, 2.24) is 0 Å². The molecule has 20 heavy (non-hydrogen) atoms. The van der Waals surface area contributed by atoms with E-state index in [9.17, 15) is 0 Å². The third-order valence-electron chi connectivity index (χ3n) is 3.86. The molecule has 0 bridgehead atoms. The Kier molecular flexibility index (Phi) is 4.10. The molecule has 3 heteroatoms. The molecule has 2 rings (SSSR count). The van der Waals surface area contributed by atoms with Crippen molar-refractivity contribution in [2.45, 2.75) is 64.5 Å². The predicted octanol–water partition coefficient (Wildman–Crippen LogP) is 4.51. The first-order chi connectivity index (χ1) is 9.18. The van der Waals surface area contributed by atoms with E-state index in [-0.39, 0.29) is 5.54 Å². The molecule has 1 aliphatic rings. The van der Waals surface area contributed by atoms with Crippen LogP contribution in [0.4, 0.5) is 5.69 Å². The van der Waals surface area contributed by atoms with Crippen LogP contribution >= 0.6 is 0 Å². The number of para-hydroxylation sites is 1. The molecule has 0 fully saturated rings. The van der Waals surface area contributed by atoms with Crippen molar-refractivity contribution in [1.29, 1.82) is 0 Å². The average molecular weight is 289 g/mol. The van der Waals surface area contributed by atoms with Crippen LogP contribution in [-0.2, 0) is 6.42 Å². The fourth-order valence-corrected chi connectivity index (χ4v) is 4.85. The number of anilines is 1. The minimum absolute atomic E-state index is 0.0175. The molecular weight excluding hydrogens is 260 g/mol. The van der Waals surface area contributed by atoms with Crippen molar-refractivity contribution in [2.75, 3.05) is 4.90 Å². The van der Waals surface area contributed by atoms with E-state index in [1.165, 1.54) is 24.1 Å². The largest absolute Gasteiger partial charge is 0.332 e. The van der Waals surface area contributed by atoms with Crippen LogP contribution in [-0.4, -0.2) is 25.6 Å². The molecule has 1 atom stereocenters. The maximum absolute atomic E-state index is 4.77. The molecule has 1 unspecified atom stereocenters. The standard InChI is InChI=1S/C17H28N2Si/c1-17(2,3)18-13-19-15-10-8-7-9-14(15)11-12-16(19)20(4,5)6/h7-10,13,16H,11-12H2,1-6H3. The lowest BCUT2D eigenvalue weighted by atomic mass is 10.0. The van der Waals surface area contributed by atoms with Crippen LogP contribution in [0.15, 0.2) is 29.3 Å². The minimum Gasteiger partial charge on any atom is -0.332 e. The number of hydrogen-bond acceptors (Lipinski definition) is 1. The molecule has 1 heterocycles. The molecule has 1 aliphatic heterocycles. The zero-order chi connectivity index (χ0) is 15.0. The van der Waals surface area contributed by atoms with Gasteiger partial charge >= 0.3 is 0 Å². The van der Waals surface area contributed by atoms with Crippen molar-refractivity contribution < 1.29 is 0 Å². The number of rotatable bonds is 2. The highest BCUT2D eigenvalue weighted by atomic mass is 28.3. The van der Waals surface area contributed by atoms with Crippen molar-refractivity contribution in [3.05, 3.63) is 29.8 Å². The van der Waals surface area contributed by atoms with Crippen molar-refractivity contribution in [2.24, 2.45) is 4.99 Å². The van der Waals surface area contributed by atoms with Gasteiger partial charge in [0.2, 0.25) is 0 Å². The van der Waals surface area contributed by atoms with E-state index in [0.29, 0.717) is 5.67 Å². The third kappa shape index (κ3) is 3.51. The molecule has 2 nitrogen and oxygen atoms in total. The molecule has 1 aromatic carbocycles. The Morgan fingerprint density at radius 3 is 2.45 bits per heavy atom. The second-order valence-corrected chi connectivity index (χ2v) is 13.3. The zero-order valence-electron chi connectivity index (χ0n) is 13.8. The van der Waals surface area contributed by atoms with Crippen molar-refractivity contribution >= 4 is 20.1 Å². The zero-order valence-corrected chi connectivity index (χ0v) is 14.8. The van der Waals surface area contributed by atoms with E-state index >= 15 is 0 Å². The molecule has 0 saturated carbocycles. The normalized spacial score (nSPS) is 20.3. The highest BCUT2D eigenvalue weighted by Crippen LogP contribution is 2.33. The summed E-state index contributed by atoms with van der Waals surface area (Å²) >= 11 is 0. The summed E-state index contributed by atoms with van der Waals surface area (Å²) in [5, 5.41) is 0. The lowest BCUT2D eigenvalue weighted by molar-refractivity contribution is 0.582. The van der Waals surface area contributed by atoms with E-state index in [1.807, 2.05) is 0 Å². The summed E-state index contributed by atoms with van der Waals surface area (Å²) < 4.78 is 0.